The van der Waals surface area contributed by atoms with Crippen LogP contribution in [0.15, 0.2) is 41.5 Å². The maximum absolute atomic E-state index is 14.0. The Balaban J connectivity index is 1.83. The molecule has 0 fully saturated rings. The molecule has 0 aliphatic heterocycles. The Hall–Kier alpha value is -2.31. The molecule has 0 spiro atoms. The van der Waals surface area contributed by atoms with Gasteiger partial charge in [-0.1, -0.05) is 29.3 Å². The molecule has 0 amide bonds. The molecular formula is C17H14Cl2FN5. The Bertz CT molecular complexity index is 866. The third-order valence-corrected chi connectivity index (χ3v) is 4.38. The minimum atomic E-state index is -0.599. The third kappa shape index (κ3) is 4.41. The summed E-state index contributed by atoms with van der Waals surface area (Å²) in [6, 6.07) is 4.86. The molecule has 1 unspecified atom stereocenters. The van der Waals surface area contributed by atoms with Crippen molar-refractivity contribution in [2.75, 3.05) is 5.32 Å². The molecule has 0 radical (unpaired) electrons. The second-order valence-electron chi connectivity index (χ2n) is 5.45. The van der Waals surface area contributed by atoms with E-state index in [-0.39, 0.29) is 17.7 Å². The van der Waals surface area contributed by atoms with Gasteiger partial charge in [0.1, 0.15) is 0 Å². The summed E-state index contributed by atoms with van der Waals surface area (Å²) in [6.45, 7) is 0. The summed E-state index contributed by atoms with van der Waals surface area (Å²) in [7, 11) is 0. The van der Waals surface area contributed by atoms with E-state index in [1.54, 1.807) is 18.2 Å². The normalized spacial score (nSPS) is 18.4. The highest BCUT2D eigenvalue weighted by Crippen LogP contribution is 2.27. The van der Waals surface area contributed by atoms with Crippen LogP contribution in [0.3, 0.4) is 0 Å². The van der Waals surface area contributed by atoms with Crippen LogP contribution in [-0.4, -0.2) is 21.9 Å². The van der Waals surface area contributed by atoms with Gasteiger partial charge >= 0.3 is 0 Å². The Kier molecular flexibility index (Phi) is 5.40. The number of hydrogen-bond acceptors (Lipinski definition) is 5. The Morgan fingerprint density at radius 3 is 2.84 bits per heavy atom. The van der Waals surface area contributed by atoms with E-state index in [1.165, 1.54) is 6.21 Å². The maximum Gasteiger partial charge on any atom is 0.251 e. The van der Waals surface area contributed by atoms with Crippen molar-refractivity contribution in [3.8, 4) is 0 Å². The number of benzene rings is 1. The van der Waals surface area contributed by atoms with Crippen LogP contribution in [0.5, 0.6) is 0 Å². The van der Waals surface area contributed by atoms with Crippen molar-refractivity contribution in [1.82, 2.24) is 9.97 Å². The van der Waals surface area contributed by atoms with Gasteiger partial charge in [-0.2, -0.15) is 4.98 Å². The van der Waals surface area contributed by atoms with Gasteiger partial charge in [-0.3, -0.25) is 0 Å². The number of rotatable bonds is 4. The van der Waals surface area contributed by atoms with Gasteiger partial charge in [0.2, 0.25) is 0 Å². The predicted molar refractivity (Wildman–Crippen MR) is 99.5 cm³/mol. The predicted octanol–water partition coefficient (Wildman–Crippen LogP) is 5.35. The molecule has 1 heterocycles. The molecule has 1 aromatic heterocycles. The zero-order valence-electron chi connectivity index (χ0n) is 13.0. The topological polar surface area (TPSA) is 74.0 Å². The quantitative estimate of drug-likeness (QED) is 0.704. The van der Waals surface area contributed by atoms with Gasteiger partial charge in [-0.25, -0.2) is 14.4 Å². The summed E-state index contributed by atoms with van der Waals surface area (Å²) in [5, 5.41) is 10.9. The number of aliphatic imine (C=N–C) groups is 1. The van der Waals surface area contributed by atoms with Crippen molar-refractivity contribution in [3.05, 3.63) is 52.4 Å². The lowest BCUT2D eigenvalue weighted by atomic mass is 9.96. The van der Waals surface area contributed by atoms with E-state index < -0.39 is 5.82 Å². The van der Waals surface area contributed by atoms with E-state index in [0.717, 1.165) is 18.3 Å². The van der Waals surface area contributed by atoms with Crippen molar-refractivity contribution >= 4 is 52.6 Å². The first-order valence-electron chi connectivity index (χ1n) is 7.56. The SMILES string of the molecule is N=CC1C=CC(=Nc2ncc(F)c(Nc3ccc(Cl)c(Cl)c3)n2)CC1. The molecule has 1 aliphatic carbocycles. The van der Waals surface area contributed by atoms with Crippen LogP contribution < -0.4 is 5.32 Å². The number of nitrogens with one attached hydrogen (secondary N) is 2. The summed E-state index contributed by atoms with van der Waals surface area (Å²) in [4.78, 5) is 12.4. The number of hydrogen-bond donors (Lipinski definition) is 2. The lowest BCUT2D eigenvalue weighted by molar-refractivity contribution is 0.619. The van der Waals surface area contributed by atoms with Crippen LogP contribution in [0.25, 0.3) is 0 Å². The van der Waals surface area contributed by atoms with E-state index in [4.69, 9.17) is 28.6 Å². The van der Waals surface area contributed by atoms with E-state index in [0.29, 0.717) is 22.2 Å². The smallest absolute Gasteiger partial charge is 0.251 e. The first-order chi connectivity index (χ1) is 12.0. The highest BCUT2D eigenvalue weighted by Gasteiger charge is 2.12. The Labute approximate surface area is 154 Å². The summed E-state index contributed by atoms with van der Waals surface area (Å²) in [5.74, 6) is -0.292. The first kappa shape index (κ1) is 17.5. The minimum Gasteiger partial charge on any atom is -0.338 e. The highest BCUT2D eigenvalue weighted by molar-refractivity contribution is 6.42. The molecule has 2 aromatic rings. The largest absolute Gasteiger partial charge is 0.338 e. The molecular weight excluding hydrogens is 364 g/mol. The van der Waals surface area contributed by atoms with Crippen molar-refractivity contribution in [2.24, 2.45) is 10.9 Å². The molecule has 1 aliphatic rings. The summed E-state index contributed by atoms with van der Waals surface area (Å²) >= 11 is 11.8. The third-order valence-electron chi connectivity index (χ3n) is 3.64. The Morgan fingerprint density at radius 2 is 2.16 bits per heavy atom. The highest BCUT2D eigenvalue weighted by atomic mass is 35.5. The zero-order chi connectivity index (χ0) is 17.8. The lowest BCUT2D eigenvalue weighted by Gasteiger charge is -2.12. The minimum absolute atomic E-state index is 0.00453. The van der Waals surface area contributed by atoms with Crippen molar-refractivity contribution < 1.29 is 4.39 Å². The standard InChI is InChI=1S/C17H14Cl2FN5/c18-13-6-5-12(7-14(13)19)23-16-15(20)9-22-17(25-16)24-11-3-1-10(8-21)2-4-11/h1,3,5-10,21H,2,4H2,(H,22,23,25). The first-order valence-corrected chi connectivity index (χ1v) is 8.31. The van der Waals surface area contributed by atoms with Gasteiger partial charge in [0.15, 0.2) is 11.6 Å². The number of halogens is 3. The van der Waals surface area contributed by atoms with Gasteiger partial charge in [0.05, 0.1) is 16.2 Å². The van der Waals surface area contributed by atoms with Crippen molar-refractivity contribution in [1.29, 1.82) is 5.41 Å². The van der Waals surface area contributed by atoms with Gasteiger partial charge in [-0.15, -0.1) is 0 Å². The van der Waals surface area contributed by atoms with E-state index in [9.17, 15) is 4.39 Å². The average molecular weight is 378 g/mol. The fourth-order valence-corrected chi connectivity index (χ4v) is 2.60. The molecule has 0 saturated carbocycles. The van der Waals surface area contributed by atoms with Gasteiger partial charge in [-0.05, 0) is 37.1 Å². The number of nitrogens with zero attached hydrogens (tertiary/aromatic N) is 3. The molecule has 25 heavy (non-hydrogen) atoms. The monoisotopic (exact) mass is 377 g/mol. The summed E-state index contributed by atoms with van der Waals surface area (Å²) in [5.41, 5.74) is 1.35. The van der Waals surface area contributed by atoms with Crippen LogP contribution in [0.4, 0.5) is 21.8 Å². The van der Waals surface area contributed by atoms with Crippen LogP contribution in [0.2, 0.25) is 10.0 Å². The molecule has 8 heteroatoms. The molecule has 1 aromatic carbocycles. The van der Waals surface area contributed by atoms with E-state index >= 15 is 0 Å². The number of aromatic nitrogens is 2. The second kappa shape index (κ2) is 7.72. The van der Waals surface area contributed by atoms with Crippen LogP contribution >= 0.6 is 23.2 Å². The number of anilines is 2. The van der Waals surface area contributed by atoms with Crippen LogP contribution in [-0.2, 0) is 0 Å². The molecule has 3 rings (SSSR count). The summed E-state index contributed by atoms with van der Waals surface area (Å²) < 4.78 is 14.0. The molecule has 128 valence electrons. The summed E-state index contributed by atoms with van der Waals surface area (Å²) in [6.07, 6.45) is 7.76. The number of allylic oxidation sites excluding steroid dienone is 2. The molecule has 1 atom stereocenters. The average Bonchev–Trinajstić information content (AvgIpc) is 2.62. The molecule has 0 saturated heterocycles. The van der Waals surface area contributed by atoms with E-state index in [2.05, 4.69) is 20.3 Å². The molecule has 2 N–H and O–H groups in total. The van der Waals surface area contributed by atoms with Gasteiger partial charge in [0.25, 0.3) is 5.95 Å². The molecule has 0 bridgehead atoms. The van der Waals surface area contributed by atoms with Crippen LogP contribution in [0, 0.1) is 17.1 Å². The maximum atomic E-state index is 14.0. The molecule has 5 nitrogen and oxygen atoms in total. The fourth-order valence-electron chi connectivity index (χ4n) is 2.30. The fraction of sp³-hybridized carbons (Fsp3) is 0.176. The Morgan fingerprint density at radius 1 is 1.32 bits per heavy atom. The van der Waals surface area contributed by atoms with Crippen molar-refractivity contribution in [2.45, 2.75) is 12.8 Å². The van der Waals surface area contributed by atoms with Gasteiger partial charge in [0, 0.05) is 23.5 Å². The zero-order valence-corrected chi connectivity index (χ0v) is 14.5. The lowest BCUT2D eigenvalue weighted by Crippen LogP contribution is -2.08. The second-order valence-corrected chi connectivity index (χ2v) is 6.27. The van der Waals surface area contributed by atoms with Crippen LogP contribution in [0.1, 0.15) is 12.8 Å². The van der Waals surface area contributed by atoms with Gasteiger partial charge < -0.3 is 10.7 Å². The van der Waals surface area contributed by atoms with Crippen molar-refractivity contribution in [3.63, 3.8) is 0 Å². The van der Waals surface area contributed by atoms with E-state index in [1.807, 2.05) is 12.2 Å².